The van der Waals surface area contributed by atoms with Gasteiger partial charge < -0.3 is 9.67 Å². The number of imidazole rings is 1. The maximum atomic E-state index is 10.7. The number of aryl methyl sites for hydroxylation is 2. The number of carboxylic acid groups (broad SMARTS) is 1. The highest BCUT2D eigenvalue weighted by Gasteiger charge is 2.30. The number of carbonyl (C=O) groups is 1. The van der Waals surface area contributed by atoms with E-state index in [0.717, 1.165) is 35.4 Å². The predicted molar refractivity (Wildman–Crippen MR) is 66.5 cm³/mol. The molecule has 5 heteroatoms. The van der Waals surface area contributed by atoms with Gasteiger partial charge in [0.05, 0.1) is 6.42 Å². The highest BCUT2D eigenvalue weighted by atomic mass is 16.4. The molecule has 2 aromatic rings. The minimum absolute atomic E-state index is 0.112. The summed E-state index contributed by atoms with van der Waals surface area (Å²) in [6, 6.07) is 2.01. The number of rotatable bonds is 4. The molecule has 0 unspecified atom stereocenters. The van der Waals surface area contributed by atoms with Gasteiger partial charge in [-0.05, 0) is 31.4 Å². The third-order valence-corrected chi connectivity index (χ3v) is 3.24. The van der Waals surface area contributed by atoms with Crippen LogP contribution in [0.1, 0.15) is 36.6 Å². The monoisotopic (exact) mass is 245 g/mol. The van der Waals surface area contributed by atoms with Crippen molar-refractivity contribution in [2.24, 2.45) is 0 Å². The zero-order valence-corrected chi connectivity index (χ0v) is 10.3. The smallest absolute Gasteiger partial charge is 0.305 e. The molecule has 0 spiro atoms. The van der Waals surface area contributed by atoms with Gasteiger partial charge in [-0.2, -0.15) is 0 Å². The van der Waals surface area contributed by atoms with Gasteiger partial charge in [-0.25, -0.2) is 9.97 Å². The van der Waals surface area contributed by atoms with Gasteiger partial charge in [-0.3, -0.25) is 4.79 Å². The van der Waals surface area contributed by atoms with Crippen LogP contribution in [-0.4, -0.2) is 25.6 Å². The van der Waals surface area contributed by atoms with Crippen LogP contribution in [0.5, 0.6) is 0 Å². The lowest BCUT2D eigenvalue weighted by Gasteiger charge is -2.05. The second-order valence-electron chi connectivity index (χ2n) is 4.90. The first-order chi connectivity index (χ1) is 8.65. The normalized spacial score (nSPS) is 15.2. The second kappa shape index (κ2) is 4.08. The van der Waals surface area contributed by atoms with Crippen molar-refractivity contribution in [1.29, 1.82) is 0 Å². The number of aliphatic carboxylic acids is 1. The standard InChI is InChI=1S/C13H15N3O2/c1-8-6-10-13(14-7-8)16(5-4-11(17)18)12(15-10)9-2-3-9/h6-7,9H,2-5H2,1H3,(H,17,18). The van der Waals surface area contributed by atoms with E-state index in [0.29, 0.717) is 12.5 Å². The van der Waals surface area contributed by atoms with E-state index in [9.17, 15) is 4.79 Å². The van der Waals surface area contributed by atoms with Gasteiger partial charge in [0.1, 0.15) is 11.3 Å². The molecule has 0 atom stereocenters. The third kappa shape index (κ3) is 1.96. The summed E-state index contributed by atoms with van der Waals surface area (Å²) in [6.45, 7) is 2.44. The van der Waals surface area contributed by atoms with Crippen LogP contribution >= 0.6 is 0 Å². The fraction of sp³-hybridized carbons (Fsp3) is 0.462. The molecule has 0 amide bonds. The van der Waals surface area contributed by atoms with Crippen molar-refractivity contribution in [2.75, 3.05) is 0 Å². The first kappa shape index (κ1) is 11.2. The molecule has 2 aromatic heterocycles. The van der Waals surface area contributed by atoms with Crippen LogP contribution in [0, 0.1) is 6.92 Å². The molecular formula is C13H15N3O2. The maximum Gasteiger partial charge on any atom is 0.305 e. The topological polar surface area (TPSA) is 68.0 Å². The van der Waals surface area contributed by atoms with Crippen molar-refractivity contribution >= 4 is 17.1 Å². The molecule has 1 saturated carbocycles. The van der Waals surface area contributed by atoms with Gasteiger partial charge in [-0.1, -0.05) is 0 Å². The van der Waals surface area contributed by atoms with Crippen molar-refractivity contribution in [3.8, 4) is 0 Å². The summed E-state index contributed by atoms with van der Waals surface area (Å²) in [4.78, 5) is 19.7. The van der Waals surface area contributed by atoms with Crippen LogP contribution in [0.3, 0.4) is 0 Å². The van der Waals surface area contributed by atoms with E-state index in [-0.39, 0.29) is 6.42 Å². The molecule has 1 aliphatic carbocycles. The van der Waals surface area contributed by atoms with Crippen molar-refractivity contribution in [2.45, 2.75) is 38.6 Å². The van der Waals surface area contributed by atoms with Gasteiger partial charge in [0, 0.05) is 18.7 Å². The average molecular weight is 245 g/mol. The Labute approximate surface area is 104 Å². The van der Waals surface area contributed by atoms with Crippen LogP contribution < -0.4 is 0 Å². The summed E-state index contributed by atoms with van der Waals surface area (Å²) in [5, 5.41) is 8.82. The Kier molecular flexibility index (Phi) is 2.54. The van der Waals surface area contributed by atoms with Crippen LogP contribution in [0.15, 0.2) is 12.3 Å². The third-order valence-electron chi connectivity index (χ3n) is 3.24. The molecule has 0 bridgehead atoms. The van der Waals surface area contributed by atoms with E-state index in [2.05, 4.69) is 9.97 Å². The Balaban J connectivity index is 2.06. The zero-order valence-electron chi connectivity index (χ0n) is 10.3. The summed E-state index contributed by atoms with van der Waals surface area (Å²) in [7, 11) is 0. The average Bonchev–Trinajstić information content (AvgIpc) is 3.09. The highest BCUT2D eigenvalue weighted by molar-refractivity contribution is 5.73. The van der Waals surface area contributed by atoms with Crippen molar-refractivity contribution in [3.05, 3.63) is 23.7 Å². The molecule has 5 nitrogen and oxygen atoms in total. The van der Waals surface area contributed by atoms with E-state index in [4.69, 9.17) is 5.11 Å². The summed E-state index contributed by atoms with van der Waals surface area (Å²) in [5.41, 5.74) is 2.76. The quantitative estimate of drug-likeness (QED) is 0.895. The molecule has 1 fully saturated rings. The lowest BCUT2D eigenvalue weighted by Crippen LogP contribution is -2.08. The van der Waals surface area contributed by atoms with Crippen LogP contribution in [0.4, 0.5) is 0 Å². The lowest BCUT2D eigenvalue weighted by molar-refractivity contribution is -0.137. The predicted octanol–water partition coefficient (Wildman–Crippen LogP) is 2.09. The number of hydrogen-bond acceptors (Lipinski definition) is 3. The molecule has 94 valence electrons. The minimum Gasteiger partial charge on any atom is -0.481 e. The van der Waals surface area contributed by atoms with Gasteiger partial charge in [0.25, 0.3) is 0 Å². The number of aromatic nitrogens is 3. The first-order valence-electron chi connectivity index (χ1n) is 6.19. The Bertz CT molecular complexity index is 614. The Morgan fingerprint density at radius 3 is 3.00 bits per heavy atom. The second-order valence-corrected chi connectivity index (χ2v) is 4.90. The Morgan fingerprint density at radius 2 is 2.33 bits per heavy atom. The van der Waals surface area contributed by atoms with E-state index in [1.807, 2.05) is 17.6 Å². The van der Waals surface area contributed by atoms with E-state index >= 15 is 0 Å². The van der Waals surface area contributed by atoms with Crippen molar-refractivity contribution in [1.82, 2.24) is 14.5 Å². The molecule has 18 heavy (non-hydrogen) atoms. The molecule has 1 aliphatic rings. The number of hydrogen-bond donors (Lipinski definition) is 1. The summed E-state index contributed by atoms with van der Waals surface area (Å²) >= 11 is 0. The van der Waals surface area contributed by atoms with Crippen LogP contribution in [0.2, 0.25) is 0 Å². The Morgan fingerprint density at radius 1 is 1.56 bits per heavy atom. The largest absolute Gasteiger partial charge is 0.481 e. The number of pyridine rings is 1. The van der Waals surface area contributed by atoms with E-state index in [1.54, 1.807) is 6.20 Å². The molecule has 3 rings (SSSR count). The summed E-state index contributed by atoms with van der Waals surface area (Å²) in [5.74, 6) is 0.711. The molecule has 0 aliphatic heterocycles. The molecular weight excluding hydrogens is 230 g/mol. The van der Waals surface area contributed by atoms with Gasteiger partial charge in [0.15, 0.2) is 5.65 Å². The van der Waals surface area contributed by atoms with Gasteiger partial charge in [-0.15, -0.1) is 0 Å². The molecule has 0 aromatic carbocycles. The number of carboxylic acids is 1. The molecule has 1 N–H and O–H groups in total. The molecule has 0 saturated heterocycles. The maximum absolute atomic E-state index is 10.7. The van der Waals surface area contributed by atoms with Crippen LogP contribution in [0.25, 0.3) is 11.2 Å². The Hall–Kier alpha value is -1.91. The summed E-state index contributed by atoms with van der Waals surface area (Å²) < 4.78 is 1.97. The fourth-order valence-electron chi connectivity index (χ4n) is 2.21. The first-order valence-corrected chi connectivity index (χ1v) is 6.19. The molecule has 2 heterocycles. The minimum atomic E-state index is -0.786. The number of nitrogens with zero attached hydrogens (tertiary/aromatic N) is 3. The van der Waals surface area contributed by atoms with Gasteiger partial charge >= 0.3 is 5.97 Å². The van der Waals surface area contributed by atoms with Crippen molar-refractivity contribution < 1.29 is 9.90 Å². The van der Waals surface area contributed by atoms with Gasteiger partial charge in [0.2, 0.25) is 0 Å². The van der Waals surface area contributed by atoms with E-state index in [1.165, 1.54) is 0 Å². The lowest BCUT2D eigenvalue weighted by atomic mass is 10.3. The van der Waals surface area contributed by atoms with Crippen LogP contribution in [-0.2, 0) is 11.3 Å². The molecule has 0 radical (unpaired) electrons. The fourth-order valence-corrected chi connectivity index (χ4v) is 2.21. The van der Waals surface area contributed by atoms with Crippen molar-refractivity contribution in [3.63, 3.8) is 0 Å². The SMILES string of the molecule is Cc1cnc2c(c1)nc(C1CC1)n2CCC(=O)O. The highest BCUT2D eigenvalue weighted by Crippen LogP contribution is 2.40. The zero-order chi connectivity index (χ0) is 12.7. The number of fused-ring (bicyclic) bond motifs is 1. The summed E-state index contributed by atoms with van der Waals surface area (Å²) in [6.07, 6.45) is 4.21. The van der Waals surface area contributed by atoms with E-state index < -0.39 is 5.97 Å².